The highest BCUT2D eigenvalue weighted by molar-refractivity contribution is 5.83. The van der Waals surface area contributed by atoms with Crippen LogP contribution in [-0.2, 0) is 11.3 Å². The minimum absolute atomic E-state index is 0.155. The first-order valence-electron chi connectivity index (χ1n) is 10.7. The van der Waals surface area contributed by atoms with Crippen molar-refractivity contribution in [2.24, 2.45) is 0 Å². The van der Waals surface area contributed by atoms with Gasteiger partial charge in [0.15, 0.2) is 0 Å². The molecule has 2 aliphatic heterocycles. The van der Waals surface area contributed by atoms with E-state index in [1.54, 1.807) is 7.11 Å². The van der Waals surface area contributed by atoms with E-state index in [4.69, 9.17) is 4.74 Å². The Kier molecular flexibility index (Phi) is 6.47. The SMILES string of the molecule is COc1ccc(CN2CCN([C@@H](C(=O)N3CCCC3)c3ccccc3)CC2)cc1. The Bertz CT molecular complexity index is 780. The number of rotatable bonds is 6. The van der Waals surface area contributed by atoms with Crippen molar-refractivity contribution in [3.8, 4) is 5.75 Å². The number of hydrogen-bond donors (Lipinski definition) is 0. The number of nitrogens with zero attached hydrogens (tertiary/aromatic N) is 3. The van der Waals surface area contributed by atoms with E-state index >= 15 is 0 Å². The molecule has 2 aliphatic rings. The standard InChI is InChI=1S/C24H31N3O2/c1-29-22-11-9-20(10-12-22)19-25-15-17-26(18-16-25)23(21-7-3-2-4-8-21)24(28)27-13-5-6-14-27/h2-4,7-12,23H,5-6,13-19H2,1H3/t23-/m1/s1. The molecule has 2 saturated heterocycles. The topological polar surface area (TPSA) is 36.0 Å². The second kappa shape index (κ2) is 9.42. The summed E-state index contributed by atoms with van der Waals surface area (Å²) >= 11 is 0. The third-order valence-electron chi connectivity index (χ3n) is 6.10. The van der Waals surface area contributed by atoms with Gasteiger partial charge in [-0.25, -0.2) is 0 Å². The van der Waals surface area contributed by atoms with Crippen LogP contribution in [0.1, 0.15) is 30.0 Å². The van der Waals surface area contributed by atoms with E-state index in [0.29, 0.717) is 0 Å². The lowest BCUT2D eigenvalue weighted by Crippen LogP contribution is -2.51. The maximum atomic E-state index is 13.3. The first-order valence-corrected chi connectivity index (χ1v) is 10.7. The lowest BCUT2D eigenvalue weighted by molar-refractivity contribution is -0.137. The molecule has 1 amide bonds. The second-order valence-electron chi connectivity index (χ2n) is 8.01. The van der Waals surface area contributed by atoms with E-state index in [1.165, 1.54) is 5.56 Å². The Labute approximate surface area is 173 Å². The van der Waals surface area contributed by atoms with Crippen LogP contribution in [0.4, 0.5) is 0 Å². The van der Waals surface area contributed by atoms with Crippen LogP contribution in [0.5, 0.6) is 5.75 Å². The van der Waals surface area contributed by atoms with E-state index < -0.39 is 0 Å². The molecule has 5 heteroatoms. The van der Waals surface area contributed by atoms with E-state index in [1.807, 2.05) is 30.3 Å². The molecule has 2 fully saturated rings. The number of carbonyl (C=O) groups excluding carboxylic acids is 1. The number of amides is 1. The Balaban J connectivity index is 1.41. The van der Waals surface area contributed by atoms with Gasteiger partial charge in [0.25, 0.3) is 0 Å². The zero-order chi connectivity index (χ0) is 20.1. The molecule has 2 aromatic carbocycles. The highest BCUT2D eigenvalue weighted by Gasteiger charge is 2.34. The molecule has 4 rings (SSSR count). The maximum Gasteiger partial charge on any atom is 0.244 e. The van der Waals surface area contributed by atoms with Crippen molar-refractivity contribution in [1.82, 2.24) is 14.7 Å². The van der Waals surface area contributed by atoms with Crippen LogP contribution in [0.3, 0.4) is 0 Å². The summed E-state index contributed by atoms with van der Waals surface area (Å²) in [5.74, 6) is 1.17. The number of likely N-dealkylation sites (tertiary alicyclic amines) is 1. The van der Waals surface area contributed by atoms with Gasteiger partial charge in [-0.3, -0.25) is 14.6 Å². The Morgan fingerprint density at radius 2 is 1.55 bits per heavy atom. The monoisotopic (exact) mass is 393 g/mol. The largest absolute Gasteiger partial charge is 0.497 e. The summed E-state index contributed by atoms with van der Waals surface area (Å²) in [6, 6.07) is 18.5. The van der Waals surface area contributed by atoms with Crippen molar-refractivity contribution in [1.29, 1.82) is 0 Å². The summed E-state index contributed by atoms with van der Waals surface area (Å²) in [6.45, 7) is 6.52. The second-order valence-corrected chi connectivity index (χ2v) is 8.01. The molecule has 0 bridgehead atoms. The number of methoxy groups -OCH3 is 1. The van der Waals surface area contributed by atoms with Crippen molar-refractivity contribution in [3.63, 3.8) is 0 Å². The molecule has 2 heterocycles. The predicted molar refractivity (Wildman–Crippen MR) is 115 cm³/mol. The van der Waals surface area contributed by atoms with Gasteiger partial charge in [-0.2, -0.15) is 0 Å². The van der Waals surface area contributed by atoms with Gasteiger partial charge in [-0.05, 0) is 36.1 Å². The van der Waals surface area contributed by atoms with Gasteiger partial charge >= 0.3 is 0 Å². The van der Waals surface area contributed by atoms with Crippen LogP contribution >= 0.6 is 0 Å². The van der Waals surface area contributed by atoms with Crippen molar-refractivity contribution < 1.29 is 9.53 Å². The summed E-state index contributed by atoms with van der Waals surface area (Å²) in [7, 11) is 1.70. The third kappa shape index (κ3) is 4.80. The van der Waals surface area contributed by atoms with Gasteiger partial charge in [0.2, 0.25) is 5.91 Å². The molecule has 0 N–H and O–H groups in total. The van der Waals surface area contributed by atoms with Crippen molar-refractivity contribution >= 4 is 5.91 Å². The number of benzene rings is 2. The molecule has 0 spiro atoms. The van der Waals surface area contributed by atoms with Gasteiger partial charge < -0.3 is 9.64 Å². The minimum atomic E-state index is -0.155. The van der Waals surface area contributed by atoms with Crippen LogP contribution in [-0.4, -0.2) is 67.0 Å². The smallest absolute Gasteiger partial charge is 0.244 e. The quantitative estimate of drug-likeness (QED) is 0.755. The van der Waals surface area contributed by atoms with Crippen LogP contribution < -0.4 is 4.74 Å². The fourth-order valence-electron chi connectivity index (χ4n) is 4.42. The predicted octanol–water partition coefficient (Wildman–Crippen LogP) is 3.18. The zero-order valence-electron chi connectivity index (χ0n) is 17.3. The van der Waals surface area contributed by atoms with Crippen molar-refractivity contribution in [3.05, 3.63) is 65.7 Å². The molecule has 5 nitrogen and oxygen atoms in total. The molecule has 2 aromatic rings. The van der Waals surface area contributed by atoms with Gasteiger partial charge in [0.05, 0.1) is 7.11 Å². The molecule has 154 valence electrons. The van der Waals surface area contributed by atoms with Crippen LogP contribution in [0.2, 0.25) is 0 Å². The molecular formula is C24H31N3O2. The first kappa shape index (κ1) is 19.9. The van der Waals surface area contributed by atoms with Gasteiger partial charge in [0, 0.05) is 45.8 Å². The summed E-state index contributed by atoms with van der Waals surface area (Å²) in [5.41, 5.74) is 2.42. The van der Waals surface area contributed by atoms with Gasteiger partial charge in [-0.15, -0.1) is 0 Å². The summed E-state index contributed by atoms with van der Waals surface area (Å²) in [4.78, 5) is 20.2. The van der Waals surface area contributed by atoms with Gasteiger partial charge in [0.1, 0.15) is 11.8 Å². The van der Waals surface area contributed by atoms with Crippen LogP contribution in [0.25, 0.3) is 0 Å². The molecule has 1 atom stereocenters. The minimum Gasteiger partial charge on any atom is -0.497 e. The molecule has 0 aliphatic carbocycles. The number of hydrogen-bond acceptors (Lipinski definition) is 4. The summed E-state index contributed by atoms with van der Waals surface area (Å²) in [6.07, 6.45) is 2.26. The number of carbonyl (C=O) groups is 1. The molecule has 0 unspecified atom stereocenters. The highest BCUT2D eigenvalue weighted by atomic mass is 16.5. The third-order valence-corrected chi connectivity index (χ3v) is 6.10. The van der Waals surface area contributed by atoms with E-state index in [2.05, 4.69) is 39.0 Å². The molecular weight excluding hydrogens is 362 g/mol. The zero-order valence-corrected chi connectivity index (χ0v) is 17.3. The molecule has 0 saturated carbocycles. The average molecular weight is 394 g/mol. The fraction of sp³-hybridized carbons (Fsp3) is 0.458. The van der Waals surface area contributed by atoms with E-state index in [-0.39, 0.29) is 11.9 Å². The maximum absolute atomic E-state index is 13.3. The normalized spacial score (nSPS) is 19.3. The van der Waals surface area contributed by atoms with E-state index in [0.717, 1.165) is 70.0 Å². The van der Waals surface area contributed by atoms with Crippen molar-refractivity contribution in [2.45, 2.75) is 25.4 Å². The van der Waals surface area contributed by atoms with Crippen LogP contribution in [0, 0.1) is 0 Å². The Morgan fingerprint density at radius 3 is 2.17 bits per heavy atom. The number of ether oxygens (including phenoxy) is 1. The lowest BCUT2D eigenvalue weighted by atomic mass is 10.0. The van der Waals surface area contributed by atoms with Crippen LogP contribution in [0.15, 0.2) is 54.6 Å². The Hall–Kier alpha value is -2.37. The highest BCUT2D eigenvalue weighted by Crippen LogP contribution is 2.27. The number of piperazine rings is 1. The Morgan fingerprint density at radius 1 is 0.897 bits per heavy atom. The fourth-order valence-corrected chi connectivity index (χ4v) is 4.42. The van der Waals surface area contributed by atoms with E-state index in [9.17, 15) is 4.79 Å². The molecule has 29 heavy (non-hydrogen) atoms. The first-order chi connectivity index (χ1) is 14.2. The van der Waals surface area contributed by atoms with Crippen molar-refractivity contribution in [2.75, 3.05) is 46.4 Å². The average Bonchev–Trinajstić information content (AvgIpc) is 3.31. The molecule has 0 radical (unpaired) electrons. The van der Waals surface area contributed by atoms with Gasteiger partial charge in [-0.1, -0.05) is 42.5 Å². The summed E-state index contributed by atoms with van der Waals surface area (Å²) < 4.78 is 5.25. The lowest BCUT2D eigenvalue weighted by Gasteiger charge is -2.40. The summed E-state index contributed by atoms with van der Waals surface area (Å²) in [5, 5.41) is 0. The molecule has 0 aromatic heterocycles.